The minimum atomic E-state index is -0.171. The number of aliphatic hydroxyl groups is 1. The Morgan fingerprint density at radius 3 is 2.95 bits per heavy atom. The highest BCUT2D eigenvalue weighted by Crippen LogP contribution is 2.28. The van der Waals surface area contributed by atoms with Gasteiger partial charge in [-0.05, 0) is 36.5 Å². The van der Waals surface area contributed by atoms with Crippen LogP contribution in [0.25, 0.3) is 0 Å². The standard InChI is InChI=1S/C18H23NO2/c1-14-6-2-3-9-17(14)13-19-18(21)16-10-4-7-15(12-16)8-5-11-20/h4,7,10,12,14,17,20H,2-3,6,9,11,13H2,1H3,(H,19,21). The van der Waals surface area contributed by atoms with Crippen molar-refractivity contribution in [3.05, 3.63) is 35.4 Å². The van der Waals surface area contributed by atoms with Crippen molar-refractivity contribution >= 4 is 5.91 Å². The van der Waals surface area contributed by atoms with Crippen LogP contribution in [-0.2, 0) is 0 Å². The van der Waals surface area contributed by atoms with Crippen LogP contribution in [-0.4, -0.2) is 24.2 Å². The van der Waals surface area contributed by atoms with Gasteiger partial charge in [0, 0.05) is 17.7 Å². The van der Waals surface area contributed by atoms with E-state index in [-0.39, 0.29) is 12.5 Å². The predicted octanol–water partition coefficient (Wildman–Crippen LogP) is 2.59. The zero-order valence-electron chi connectivity index (χ0n) is 12.6. The lowest BCUT2D eigenvalue weighted by Gasteiger charge is -2.28. The molecule has 0 aliphatic heterocycles. The number of hydrogen-bond donors (Lipinski definition) is 2. The van der Waals surface area contributed by atoms with E-state index >= 15 is 0 Å². The maximum absolute atomic E-state index is 12.2. The van der Waals surface area contributed by atoms with E-state index in [2.05, 4.69) is 24.1 Å². The second kappa shape index (κ2) is 7.85. The van der Waals surface area contributed by atoms with Crippen LogP contribution >= 0.6 is 0 Å². The first kappa shape index (κ1) is 15.6. The highest BCUT2D eigenvalue weighted by atomic mass is 16.2. The molecule has 0 radical (unpaired) electrons. The Morgan fingerprint density at radius 2 is 2.19 bits per heavy atom. The second-order valence-electron chi connectivity index (χ2n) is 5.77. The van der Waals surface area contributed by atoms with Crippen LogP contribution in [0, 0.1) is 23.7 Å². The minimum Gasteiger partial charge on any atom is -0.384 e. The number of aliphatic hydroxyl groups excluding tert-OH is 1. The lowest BCUT2D eigenvalue weighted by molar-refractivity contribution is 0.0936. The molecule has 1 aromatic rings. The number of carbonyl (C=O) groups is 1. The van der Waals surface area contributed by atoms with Crippen molar-refractivity contribution in [1.29, 1.82) is 0 Å². The third-order valence-electron chi connectivity index (χ3n) is 4.25. The van der Waals surface area contributed by atoms with Gasteiger partial charge in [0.2, 0.25) is 0 Å². The molecule has 0 bridgehead atoms. The molecule has 21 heavy (non-hydrogen) atoms. The molecule has 0 heterocycles. The summed E-state index contributed by atoms with van der Waals surface area (Å²) in [6.07, 6.45) is 5.07. The van der Waals surface area contributed by atoms with Crippen molar-refractivity contribution < 1.29 is 9.90 Å². The summed E-state index contributed by atoms with van der Waals surface area (Å²) < 4.78 is 0. The molecule has 1 aromatic carbocycles. The van der Waals surface area contributed by atoms with E-state index in [9.17, 15) is 4.79 Å². The zero-order valence-corrected chi connectivity index (χ0v) is 12.6. The molecule has 3 heteroatoms. The first-order valence-electron chi connectivity index (χ1n) is 7.68. The number of nitrogens with one attached hydrogen (secondary N) is 1. The lowest BCUT2D eigenvalue weighted by Crippen LogP contribution is -2.33. The van der Waals surface area contributed by atoms with Gasteiger partial charge in [-0.3, -0.25) is 4.79 Å². The quantitative estimate of drug-likeness (QED) is 0.839. The Balaban J connectivity index is 1.93. The van der Waals surface area contributed by atoms with Gasteiger partial charge in [-0.25, -0.2) is 0 Å². The van der Waals surface area contributed by atoms with Crippen molar-refractivity contribution in [3.8, 4) is 11.8 Å². The smallest absolute Gasteiger partial charge is 0.251 e. The zero-order chi connectivity index (χ0) is 15.1. The molecule has 2 rings (SSSR count). The maximum atomic E-state index is 12.2. The first-order chi connectivity index (χ1) is 10.2. The van der Waals surface area contributed by atoms with E-state index in [1.54, 1.807) is 12.1 Å². The van der Waals surface area contributed by atoms with Crippen molar-refractivity contribution in [2.45, 2.75) is 32.6 Å². The Bertz CT molecular complexity index is 542. The van der Waals surface area contributed by atoms with Crippen LogP contribution in [0.1, 0.15) is 48.5 Å². The van der Waals surface area contributed by atoms with Crippen molar-refractivity contribution in [2.24, 2.45) is 11.8 Å². The topological polar surface area (TPSA) is 49.3 Å². The van der Waals surface area contributed by atoms with Gasteiger partial charge in [-0.1, -0.05) is 44.1 Å². The van der Waals surface area contributed by atoms with Gasteiger partial charge in [0.1, 0.15) is 6.61 Å². The number of amides is 1. The van der Waals surface area contributed by atoms with Crippen LogP contribution in [0.3, 0.4) is 0 Å². The summed E-state index contributed by atoms with van der Waals surface area (Å²) in [6.45, 7) is 2.86. The van der Waals surface area contributed by atoms with Crippen LogP contribution in [0.4, 0.5) is 0 Å². The third kappa shape index (κ3) is 4.61. The van der Waals surface area contributed by atoms with E-state index in [4.69, 9.17) is 5.11 Å². The summed E-state index contributed by atoms with van der Waals surface area (Å²) in [5.74, 6) is 6.67. The summed E-state index contributed by atoms with van der Waals surface area (Å²) in [6, 6.07) is 7.22. The van der Waals surface area contributed by atoms with Gasteiger partial charge in [0.25, 0.3) is 5.91 Å². The molecule has 112 valence electrons. The molecule has 1 aliphatic rings. The largest absolute Gasteiger partial charge is 0.384 e. The van der Waals surface area contributed by atoms with Gasteiger partial charge >= 0.3 is 0 Å². The molecule has 2 unspecified atom stereocenters. The summed E-state index contributed by atoms with van der Waals surface area (Å²) in [5.41, 5.74) is 1.38. The van der Waals surface area contributed by atoms with Gasteiger partial charge in [-0.2, -0.15) is 0 Å². The van der Waals surface area contributed by atoms with E-state index in [1.165, 1.54) is 25.7 Å². The Morgan fingerprint density at radius 1 is 1.38 bits per heavy atom. The van der Waals surface area contributed by atoms with E-state index in [1.807, 2.05) is 12.1 Å². The van der Waals surface area contributed by atoms with Crippen molar-refractivity contribution in [3.63, 3.8) is 0 Å². The van der Waals surface area contributed by atoms with Crippen LogP contribution in [0.15, 0.2) is 24.3 Å². The number of hydrogen-bond acceptors (Lipinski definition) is 2. The number of benzene rings is 1. The molecule has 1 saturated carbocycles. The van der Waals surface area contributed by atoms with E-state index in [0.29, 0.717) is 17.4 Å². The monoisotopic (exact) mass is 285 g/mol. The summed E-state index contributed by atoms with van der Waals surface area (Å²) >= 11 is 0. The summed E-state index contributed by atoms with van der Waals surface area (Å²) in [7, 11) is 0. The normalized spacial score (nSPS) is 21.2. The lowest BCUT2D eigenvalue weighted by atomic mass is 9.80. The van der Waals surface area contributed by atoms with Gasteiger partial charge in [-0.15, -0.1) is 0 Å². The molecule has 2 atom stereocenters. The van der Waals surface area contributed by atoms with Crippen LogP contribution in [0.5, 0.6) is 0 Å². The van der Waals surface area contributed by atoms with Gasteiger partial charge < -0.3 is 10.4 Å². The Labute approximate surface area is 126 Å². The molecule has 0 spiro atoms. The van der Waals surface area contributed by atoms with Gasteiger partial charge in [0.15, 0.2) is 0 Å². The molecule has 0 aromatic heterocycles. The highest BCUT2D eigenvalue weighted by molar-refractivity contribution is 5.94. The molecule has 3 nitrogen and oxygen atoms in total. The van der Waals surface area contributed by atoms with Crippen LogP contribution < -0.4 is 5.32 Å². The average molecular weight is 285 g/mol. The average Bonchev–Trinajstić information content (AvgIpc) is 2.52. The maximum Gasteiger partial charge on any atom is 0.251 e. The fourth-order valence-electron chi connectivity index (χ4n) is 2.90. The molecular formula is C18H23NO2. The van der Waals surface area contributed by atoms with Crippen LogP contribution in [0.2, 0.25) is 0 Å². The SMILES string of the molecule is CC1CCCCC1CNC(=O)c1cccc(C#CCO)c1. The Hall–Kier alpha value is -1.79. The third-order valence-corrected chi connectivity index (χ3v) is 4.25. The van der Waals surface area contributed by atoms with E-state index < -0.39 is 0 Å². The number of carbonyl (C=O) groups excluding carboxylic acids is 1. The van der Waals surface area contributed by atoms with Crippen molar-refractivity contribution in [2.75, 3.05) is 13.2 Å². The molecule has 1 aliphatic carbocycles. The molecule has 2 N–H and O–H groups in total. The minimum absolute atomic E-state index is 0.0413. The summed E-state index contributed by atoms with van der Waals surface area (Å²) in [5, 5.41) is 11.8. The first-order valence-corrected chi connectivity index (χ1v) is 7.68. The van der Waals surface area contributed by atoms with Gasteiger partial charge in [0.05, 0.1) is 0 Å². The molecular weight excluding hydrogens is 262 g/mol. The number of rotatable bonds is 3. The summed E-state index contributed by atoms with van der Waals surface area (Å²) in [4.78, 5) is 12.2. The molecule has 0 saturated heterocycles. The fourth-order valence-corrected chi connectivity index (χ4v) is 2.90. The second-order valence-corrected chi connectivity index (χ2v) is 5.77. The fraction of sp³-hybridized carbons (Fsp3) is 0.500. The predicted molar refractivity (Wildman–Crippen MR) is 83.9 cm³/mol. The molecule has 1 amide bonds. The van der Waals surface area contributed by atoms with Crippen molar-refractivity contribution in [1.82, 2.24) is 5.32 Å². The molecule has 1 fully saturated rings. The van der Waals surface area contributed by atoms with E-state index in [0.717, 1.165) is 12.1 Å². The Kier molecular flexibility index (Phi) is 5.83. The highest BCUT2D eigenvalue weighted by Gasteiger charge is 2.21.